The quantitative estimate of drug-likeness (QED) is 0.464. The lowest BCUT2D eigenvalue weighted by Gasteiger charge is -2.07. The Morgan fingerprint density at radius 3 is 2.75 bits per heavy atom. The van der Waals surface area contributed by atoms with Crippen LogP contribution in [0.3, 0.4) is 0 Å². The number of rotatable bonds is 5. The minimum Gasteiger partial charge on any atom is -0.355 e. The van der Waals surface area contributed by atoms with Gasteiger partial charge in [-0.15, -0.1) is 0 Å². The highest BCUT2D eigenvalue weighted by atomic mass is 19.1. The lowest BCUT2D eigenvalue weighted by atomic mass is 10.1. The number of hydrogen-bond donors (Lipinski definition) is 1. The van der Waals surface area contributed by atoms with Crippen molar-refractivity contribution in [2.24, 2.45) is 0 Å². The summed E-state index contributed by atoms with van der Waals surface area (Å²) >= 11 is 0. The molecule has 3 heterocycles. The minimum absolute atomic E-state index is 0.0146. The van der Waals surface area contributed by atoms with Gasteiger partial charge in [0.25, 0.3) is 11.7 Å². The van der Waals surface area contributed by atoms with Gasteiger partial charge in [-0.3, -0.25) is 9.78 Å². The summed E-state index contributed by atoms with van der Waals surface area (Å²) in [5.74, 6) is -0.605. The maximum Gasteiger partial charge on any atom is 0.253 e. The first-order chi connectivity index (χ1) is 15.6. The van der Waals surface area contributed by atoms with E-state index in [0.717, 1.165) is 29.4 Å². The third kappa shape index (κ3) is 3.66. The van der Waals surface area contributed by atoms with E-state index in [2.05, 4.69) is 37.5 Å². The maximum atomic E-state index is 14.4. The molecule has 0 spiro atoms. The van der Waals surface area contributed by atoms with Crippen LogP contribution in [-0.4, -0.2) is 37.5 Å². The number of benzene rings is 2. The van der Waals surface area contributed by atoms with Crippen LogP contribution < -0.4 is 5.32 Å². The first-order valence-corrected chi connectivity index (χ1v) is 10.2. The second kappa shape index (κ2) is 8.14. The molecule has 0 aliphatic carbocycles. The largest absolute Gasteiger partial charge is 0.355 e. The van der Waals surface area contributed by atoms with Gasteiger partial charge in [-0.25, -0.2) is 18.9 Å². The lowest BCUT2D eigenvalue weighted by Crippen LogP contribution is -2.19. The molecule has 5 rings (SSSR count). The smallest absolute Gasteiger partial charge is 0.253 e. The summed E-state index contributed by atoms with van der Waals surface area (Å²) in [5.41, 5.74) is 4.08. The number of amides is 1. The lowest BCUT2D eigenvalue weighted by molar-refractivity contribution is 0.0959. The van der Waals surface area contributed by atoms with Crippen molar-refractivity contribution in [3.63, 3.8) is 0 Å². The number of nitrogens with one attached hydrogen (secondary N) is 1. The molecule has 1 N–H and O–H groups in total. The molecule has 0 radical (unpaired) electrons. The van der Waals surface area contributed by atoms with Gasteiger partial charge in [0.15, 0.2) is 0 Å². The van der Waals surface area contributed by atoms with Crippen LogP contribution in [0.1, 0.15) is 21.6 Å². The van der Waals surface area contributed by atoms with E-state index in [1.807, 2.05) is 18.2 Å². The number of carbonyl (C=O) groups excluding carboxylic acids is 1. The van der Waals surface area contributed by atoms with Crippen LogP contribution in [0.2, 0.25) is 0 Å². The minimum atomic E-state index is -0.611. The van der Waals surface area contributed by atoms with Crippen molar-refractivity contribution in [1.82, 2.24) is 29.9 Å². The van der Waals surface area contributed by atoms with Crippen molar-refractivity contribution in [1.29, 1.82) is 0 Å². The molecule has 0 unspecified atom stereocenters. The van der Waals surface area contributed by atoms with E-state index < -0.39 is 11.7 Å². The monoisotopic (exact) mass is 426 g/mol. The molecular weight excluding hydrogens is 407 g/mol. The fraction of sp³-hybridized carbons (Fsp3) is 0.125. The molecule has 0 saturated carbocycles. The third-order valence-electron chi connectivity index (χ3n) is 5.37. The number of pyridine rings is 1. The van der Waals surface area contributed by atoms with E-state index in [0.29, 0.717) is 17.0 Å². The summed E-state index contributed by atoms with van der Waals surface area (Å²) in [6, 6.07) is 14.6. The van der Waals surface area contributed by atoms with Crippen molar-refractivity contribution in [2.75, 3.05) is 7.05 Å². The van der Waals surface area contributed by atoms with Crippen LogP contribution in [0.5, 0.6) is 0 Å². The Labute approximate surface area is 183 Å². The van der Waals surface area contributed by atoms with Gasteiger partial charge >= 0.3 is 0 Å². The van der Waals surface area contributed by atoms with Crippen molar-refractivity contribution < 1.29 is 9.18 Å². The number of nitrogens with zero attached hydrogens (tertiary/aromatic N) is 5. The summed E-state index contributed by atoms with van der Waals surface area (Å²) in [4.78, 5) is 24.8. The van der Waals surface area contributed by atoms with E-state index in [4.69, 9.17) is 0 Å². The Morgan fingerprint density at radius 2 is 1.91 bits per heavy atom. The van der Waals surface area contributed by atoms with E-state index in [-0.39, 0.29) is 5.56 Å². The second-order valence-electron chi connectivity index (χ2n) is 7.41. The van der Waals surface area contributed by atoms with E-state index in [1.165, 1.54) is 24.7 Å². The molecule has 32 heavy (non-hydrogen) atoms. The molecular formula is C24H19FN6O. The van der Waals surface area contributed by atoms with Crippen LogP contribution in [-0.2, 0) is 12.8 Å². The molecule has 0 bridgehead atoms. The number of aromatic nitrogens is 5. The highest BCUT2D eigenvalue weighted by molar-refractivity contribution is 5.94. The van der Waals surface area contributed by atoms with Crippen molar-refractivity contribution in [3.8, 4) is 11.3 Å². The third-order valence-corrected chi connectivity index (χ3v) is 5.37. The zero-order valence-corrected chi connectivity index (χ0v) is 17.3. The van der Waals surface area contributed by atoms with Crippen LogP contribution in [0.4, 0.5) is 4.39 Å². The van der Waals surface area contributed by atoms with E-state index >= 15 is 0 Å². The normalized spacial score (nSPS) is 11.2. The number of aryl methyl sites for hydroxylation is 2. The van der Waals surface area contributed by atoms with Crippen LogP contribution in [0.25, 0.3) is 27.9 Å². The molecule has 0 saturated heterocycles. The summed E-state index contributed by atoms with van der Waals surface area (Å²) in [6.45, 7) is 0. The zero-order valence-electron chi connectivity index (χ0n) is 17.3. The Hall–Kier alpha value is -4.20. The first-order valence-electron chi connectivity index (χ1n) is 10.2. The molecule has 1 amide bonds. The van der Waals surface area contributed by atoms with Gasteiger partial charge in [0, 0.05) is 24.2 Å². The molecule has 0 aliphatic heterocycles. The number of carbonyl (C=O) groups is 1. The number of fused-ring (bicyclic) bond motifs is 2. The predicted molar refractivity (Wildman–Crippen MR) is 119 cm³/mol. The highest BCUT2D eigenvalue weighted by Gasteiger charge is 2.14. The molecule has 158 valence electrons. The van der Waals surface area contributed by atoms with Gasteiger partial charge in [-0.05, 0) is 48.7 Å². The maximum absolute atomic E-state index is 14.4. The summed E-state index contributed by atoms with van der Waals surface area (Å²) in [7, 11) is 1.46. The van der Waals surface area contributed by atoms with E-state index in [1.54, 1.807) is 29.2 Å². The van der Waals surface area contributed by atoms with Gasteiger partial charge in [-0.2, -0.15) is 5.10 Å². The predicted octanol–water partition coefficient (Wildman–Crippen LogP) is 3.62. The van der Waals surface area contributed by atoms with Crippen LogP contribution in [0, 0.1) is 5.82 Å². The fourth-order valence-electron chi connectivity index (χ4n) is 3.67. The highest BCUT2D eigenvalue weighted by Crippen LogP contribution is 2.21. The van der Waals surface area contributed by atoms with E-state index in [9.17, 15) is 9.18 Å². The van der Waals surface area contributed by atoms with Gasteiger partial charge in [0.05, 0.1) is 29.2 Å². The molecule has 3 aromatic heterocycles. The number of hydrogen-bond acceptors (Lipinski definition) is 5. The van der Waals surface area contributed by atoms with Gasteiger partial charge in [0.1, 0.15) is 11.5 Å². The number of halogens is 1. The SMILES string of the molecule is CNC(=O)c1ccc(-c2cnc3ncc(CCc4ccc5ncccc5c4)n3n2)cc1F. The van der Waals surface area contributed by atoms with Crippen LogP contribution in [0.15, 0.2) is 67.1 Å². The Morgan fingerprint density at radius 1 is 1.03 bits per heavy atom. The summed E-state index contributed by atoms with van der Waals surface area (Å²) in [5, 5.41) is 8.15. The molecule has 0 aliphatic rings. The standard InChI is InChI=1S/C24H19FN6O/c1-26-23(32)19-8-6-17(12-20(19)25)22-14-29-24-28-13-18(31(24)30-22)7-4-15-5-9-21-16(11-15)3-2-10-27-21/h2-3,5-6,8-14H,4,7H2,1H3,(H,26,32). The van der Waals surface area contributed by atoms with Gasteiger partial charge in [0.2, 0.25) is 0 Å². The van der Waals surface area contributed by atoms with Gasteiger partial charge in [-0.1, -0.05) is 18.2 Å². The van der Waals surface area contributed by atoms with Crippen molar-refractivity contribution >= 4 is 22.6 Å². The fourth-order valence-corrected chi connectivity index (χ4v) is 3.67. The second-order valence-corrected chi connectivity index (χ2v) is 7.41. The summed E-state index contributed by atoms with van der Waals surface area (Å²) in [6.07, 6.45) is 6.62. The molecule has 0 atom stereocenters. The Kier molecular flexibility index (Phi) is 5.03. The molecule has 5 aromatic rings. The topological polar surface area (TPSA) is 85.1 Å². The average molecular weight is 426 g/mol. The first kappa shape index (κ1) is 19.7. The molecule has 2 aromatic carbocycles. The molecule has 0 fully saturated rings. The van der Waals surface area contributed by atoms with Crippen LogP contribution >= 0.6 is 0 Å². The Bertz CT molecular complexity index is 1460. The molecule has 8 heteroatoms. The van der Waals surface area contributed by atoms with Gasteiger partial charge < -0.3 is 5.32 Å². The average Bonchev–Trinajstić information content (AvgIpc) is 3.24. The zero-order chi connectivity index (χ0) is 22.1. The summed E-state index contributed by atoms with van der Waals surface area (Å²) < 4.78 is 16.1. The van der Waals surface area contributed by atoms with Crippen molar-refractivity contribution in [3.05, 3.63) is 89.8 Å². The molecule has 7 nitrogen and oxygen atoms in total. The van der Waals surface area contributed by atoms with Crippen molar-refractivity contribution in [2.45, 2.75) is 12.8 Å². The number of imidazole rings is 1. The Balaban J connectivity index is 1.42.